The summed E-state index contributed by atoms with van der Waals surface area (Å²) in [7, 11) is 1.53. The smallest absolute Gasteiger partial charge is 0.301 e. The molecular formula is C27H22N2O4S. The maximum atomic E-state index is 13.4. The highest BCUT2D eigenvalue weighted by Gasteiger charge is 2.49. The van der Waals surface area contributed by atoms with Crippen LogP contribution in [0.1, 0.15) is 29.7 Å². The molecule has 5 rings (SSSR count). The number of para-hydroxylation sites is 1. The summed E-state index contributed by atoms with van der Waals surface area (Å²) in [5.41, 5.74) is 2.97. The van der Waals surface area contributed by atoms with Crippen molar-refractivity contribution in [1.29, 1.82) is 0 Å². The Balaban J connectivity index is 1.75. The summed E-state index contributed by atoms with van der Waals surface area (Å²) in [6.07, 6.45) is 0.881. The number of aryl methyl sites for hydroxylation is 1. The molecule has 7 heteroatoms. The van der Waals surface area contributed by atoms with Crippen LogP contribution in [0.4, 0.5) is 5.13 Å². The minimum Gasteiger partial charge on any atom is -0.507 e. The highest BCUT2D eigenvalue weighted by molar-refractivity contribution is 7.22. The van der Waals surface area contributed by atoms with Crippen LogP contribution in [0.2, 0.25) is 0 Å². The second kappa shape index (κ2) is 8.76. The van der Waals surface area contributed by atoms with E-state index in [-0.39, 0.29) is 11.3 Å². The number of anilines is 1. The van der Waals surface area contributed by atoms with Crippen molar-refractivity contribution < 1.29 is 19.4 Å². The Morgan fingerprint density at radius 2 is 1.79 bits per heavy atom. The van der Waals surface area contributed by atoms with Crippen LogP contribution in [0.3, 0.4) is 0 Å². The van der Waals surface area contributed by atoms with Gasteiger partial charge in [0.2, 0.25) is 0 Å². The van der Waals surface area contributed by atoms with Gasteiger partial charge in [-0.2, -0.15) is 0 Å². The monoisotopic (exact) mass is 470 g/mol. The number of carbonyl (C=O) groups excluding carboxylic acids is 2. The normalized spacial score (nSPS) is 17.5. The second-order valence-corrected chi connectivity index (χ2v) is 8.94. The molecule has 0 bridgehead atoms. The minimum atomic E-state index is -0.887. The summed E-state index contributed by atoms with van der Waals surface area (Å²) in [5.74, 6) is -1.21. The van der Waals surface area contributed by atoms with Gasteiger partial charge in [-0.15, -0.1) is 0 Å². The fourth-order valence-corrected chi connectivity index (χ4v) is 5.30. The summed E-state index contributed by atoms with van der Waals surface area (Å²) in [6, 6.07) is 21.0. The van der Waals surface area contributed by atoms with E-state index in [0.29, 0.717) is 22.0 Å². The van der Waals surface area contributed by atoms with Gasteiger partial charge < -0.3 is 9.84 Å². The van der Waals surface area contributed by atoms with Gasteiger partial charge in [-0.1, -0.05) is 72.9 Å². The van der Waals surface area contributed by atoms with Crippen molar-refractivity contribution in [2.75, 3.05) is 12.0 Å². The standard InChI is InChI=1S/C27H22N2O4S/c1-3-16-13-14-19-21(15-16)34-27(28-19)29-23(18-11-7-8-12-20(18)33-2)22(25(31)26(29)32)24(30)17-9-5-4-6-10-17/h4-15,23,30H,3H2,1-2H3/t23-/m0/s1. The Morgan fingerprint density at radius 1 is 1.06 bits per heavy atom. The molecule has 1 atom stereocenters. The summed E-state index contributed by atoms with van der Waals surface area (Å²) in [6.45, 7) is 2.08. The van der Waals surface area contributed by atoms with Crippen molar-refractivity contribution in [3.8, 4) is 5.75 Å². The first-order valence-corrected chi connectivity index (χ1v) is 11.7. The number of Topliss-reactive ketones (excluding diaryl/α,β-unsaturated/α-hetero) is 1. The van der Waals surface area contributed by atoms with Crippen LogP contribution in [0.25, 0.3) is 16.0 Å². The SMILES string of the molecule is CCc1ccc2nc(N3C(=O)C(=O)C(=C(O)c4ccccc4)[C@@H]3c3ccccc3OC)sc2c1. The molecule has 1 N–H and O–H groups in total. The van der Waals surface area contributed by atoms with E-state index in [4.69, 9.17) is 4.74 Å². The number of amides is 1. The van der Waals surface area contributed by atoms with Crippen LogP contribution in [0.15, 0.2) is 78.4 Å². The average molecular weight is 471 g/mol. The van der Waals surface area contributed by atoms with Gasteiger partial charge in [0, 0.05) is 11.1 Å². The lowest BCUT2D eigenvalue weighted by Crippen LogP contribution is -2.29. The fraction of sp³-hybridized carbons (Fsp3) is 0.148. The number of methoxy groups -OCH3 is 1. The predicted octanol–water partition coefficient (Wildman–Crippen LogP) is 5.49. The van der Waals surface area contributed by atoms with E-state index < -0.39 is 17.7 Å². The number of aliphatic hydroxyl groups excluding tert-OH is 1. The Labute approximate surface area is 200 Å². The average Bonchev–Trinajstić information content (AvgIpc) is 3.41. The number of ether oxygens (including phenoxy) is 1. The van der Waals surface area contributed by atoms with Crippen molar-refractivity contribution in [2.45, 2.75) is 19.4 Å². The highest BCUT2D eigenvalue weighted by atomic mass is 32.1. The van der Waals surface area contributed by atoms with E-state index in [1.54, 1.807) is 36.4 Å². The molecule has 3 aromatic carbocycles. The minimum absolute atomic E-state index is 0.00852. The van der Waals surface area contributed by atoms with Gasteiger partial charge in [-0.3, -0.25) is 14.5 Å². The molecule has 170 valence electrons. The first-order chi connectivity index (χ1) is 16.5. The molecule has 6 nitrogen and oxygen atoms in total. The second-order valence-electron chi connectivity index (χ2n) is 7.93. The van der Waals surface area contributed by atoms with E-state index in [9.17, 15) is 14.7 Å². The molecule has 0 spiro atoms. The van der Waals surface area contributed by atoms with Crippen LogP contribution < -0.4 is 9.64 Å². The Hall–Kier alpha value is -3.97. The highest BCUT2D eigenvalue weighted by Crippen LogP contribution is 2.46. The third-order valence-corrected chi connectivity index (χ3v) is 7.00. The third-order valence-electron chi connectivity index (χ3n) is 5.98. The topological polar surface area (TPSA) is 79.7 Å². The molecule has 1 aromatic heterocycles. The lowest BCUT2D eigenvalue weighted by atomic mass is 9.95. The Morgan fingerprint density at radius 3 is 2.53 bits per heavy atom. The van der Waals surface area contributed by atoms with Gasteiger partial charge >= 0.3 is 5.91 Å². The molecule has 1 fully saturated rings. The first kappa shape index (κ1) is 21.9. The van der Waals surface area contributed by atoms with Gasteiger partial charge in [-0.25, -0.2) is 4.98 Å². The van der Waals surface area contributed by atoms with Crippen molar-refractivity contribution in [2.24, 2.45) is 0 Å². The molecule has 0 radical (unpaired) electrons. The first-order valence-electron chi connectivity index (χ1n) is 10.9. The summed E-state index contributed by atoms with van der Waals surface area (Å²) in [5, 5.41) is 11.6. The predicted molar refractivity (Wildman–Crippen MR) is 133 cm³/mol. The number of fused-ring (bicyclic) bond motifs is 1. The van der Waals surface area contributed by atoms with Crippen LogP contribution in [0, 0.1) is 0 Å². The third kappa shape index (κ3) is 3.54. The Kier molecular flexibility index (Phi) is 5.63. The molecule has 34 heavy (non-hydrogen) atoms. The summed E-state index contributed by atoms with van der Waals surface area (Å²) in [4.78, 5) is 32.8. The lowest BCUT2D eigenvalue weighted by molar-refractivity contribution is -0.132. The van der Waals surface area contributed by atoms with Gasteiger partial charge in [0.05, 0.1) is 22.9 Å². The van der Waals surface area contributed by atoms with Crippen molar-refractivity contribution in [3.63, 3.8) is 0 Å². The molecule has 1 amide bonds. The number of aromatic nitrogens is 1. The van der Waals surface area contributed by atoms with Gasteiger partial charge in [-0.05, 0) is 30.2 Å². The fourth-order valence-electron chi connectivity index (χ4n) is 4.25. The Bertz CT molecular complexity index is 1440. The number of carbonyl (C=O) groups is 2. The molecule has 1 saturated heterocycles. The van der Waals surface area contributed by atoms with Crippen molar-refractivity contribution in [3.05, 3.63) is 95.1 Å². The van der Waals surface area contributed by atoms with Crippen molar-refractivity contribution in [1.82, 2.24) is 4.98 Å². The van der Waals surface area contributed by atoms with Gasteiger partial charge in [0.15, 0.2) is 5.13 Å². The van der Waals surface area contributed by atoms with E-state index in [1.165, 1.54) is 23.3 Å². The number of hydrogen-bond donors (Lipinski definition) is 1. The molecule has 1 aliphatic heterocycles. The number of aliphatic hydroxyl groups is 1. The zero-order valence-corrected chi connectivity index (χ0v) is 19.5. The molecule has 4 aromatic rings. The van der Waals surface area contributed by atoms with Crippen LogP contribution in [-0.4, -0.2) is 28.9 Å². The molecule has 0 aliphatic carbocycles. The number of ketones is 1. The van der Waals surface area contributed by atoms with Crippen molar-refractivity contribution >= 4 is 44.1 Å². The van der Waals surface area contributed by atoms with Crippen LogP contribution in [-0.2, 0) is 16.0 Å². The van der Waals surface area contributed by atoms with Crippen LogP contribution in [0.5, 0.6) is 5.75 Å². The number of nitrogens with zero attached hydrogens (tertiary/aromatic N) is 2. The lowest BCUT2D eigenvalue weighted by Gasteiger charge is -2.24. The zero-order valence-electron chi connectivity index (χ0n) is 18.7. The summed E-state index contributed by atoms with van der Waals surface area (Å²) < 4.78 is 6.49. The van der Waals surface area contributed by atoms with E-state index >= 15 is 0 Å². The largest absolute Gasteiger partial charge is 0.507 e. The van der Waals surface area contributed by atoms with E-state index in [0.717, 1.165) is 22.2 Å². The molecular weight excluding hydrogens is 448 g/mol. The molecule has 0 unspecified atom stereocenters. The maximum Gasteiger partial charge on any atom is 0.301 e. The number of rotatable bonds is 5. The van der Waals surface area contributed by atoms with Gasteiger partial charge in [0.1, 0.15) is 17.6 Å². The van der Waals surface area contributed by atoms with E-state index in [2.05, 4.69) is 18.0 Å². The molecule has 2 heterocycles. The molecule has 0 saturated carbocycles. The summed E-state index contributed by atoms with van der Waals surface area (Å²) >= 11 is 1.35. The van der Waals surface area contributed by atoms with Crippen LogP contribution >= 0.6 is 11.3 Å². The van der Waals surface area contributed by atoms with E-state index in [1.807, 2.05) is 30.3 Å². The number of thiazole rings is 1. The zero-order chi connectivity index (χ0) is 23.8. The quantitative estimate of drug-likeness (QED) is 0.237. The number of hydrogen-bond acceptors (Lipinski definition) is 6. The molecule has 1 aliphatic rings. The van der Waals surface area contributed by atoms with Gasteiger partial charge in [0.25, 0.3) is 5.78 Å². The maximum absolute atomic E-state index is 13.4. The number of benzene rings is 3.